The number of methoxy groups -OCH3 is 1. The number of ether oxygens (including phenoxy) is 2. The molecule has 0 amide bonds. The highest BCUT2D eigenvalue weighted by molar-refractivity contribution is 5.69. The number of hydrogen-bond acceptors (Lipinski definition) is 9. The third-order valence-electron chi connectivity index (χ3n) is 4.78. The van der Waals surface area contributed by atoms with Gasteiger partial charge in [0.15, 0.2) is 0 Å². The SMILES string of the molecule is COc1cc(-c2c(C)cc(O)cc2[C@@H]2O[C@H](CO)[C@@H](O)[C@H](O)[C@H]2O)oc(=O)c1. The molecule has 1 saturated heterocycles. The number of benzene rings is 1. The Labute approximate surface area is 160 Å². The Balaban J connectivity index is 2.19. The van der Waals surface area contributed by atoms with Gasteiger partial charge in [-0.2, -0.15) is 0 Å². The normalized spacial score (nSPS) is 27.6. The Hall–Kier alpha value is -2.43. The Morgan fingerprint density at radius 3 is 2.43 bits per heavy atom. The molecule has 0 radical (unpaired) electrons. The number of phenols is 1. The zero-order valence-electron chi connectivity index (χ0n) is 15.3. The van der Waals surface area contributed by atoms with E-state index in [0.717, 1.165) is 6.07 Å². The lowest BCUT2D eigenvalue weighted by Crippen LogP contribution is -2.55. The second kappa shape index (κ2) is 7.90. The zero-order chi connectivity index (χ0) is 20.6. The molecule has 2 aromatic rings. The summed E-state index contributed by atoms with van der Waals surface area (Å²) in [5, 5.41) is 50.1. The molecule has 0 spiro atoms. The molecule has 0 bridgehead atoms. The predicted molar refractivity (Wildman–Crippen MR) is 96.1 cm³/mol. The Morgan fingerprint density at radius 2 is 1.79 bits per heavy atom. The third-order valence-corrected chi connectivity index (χ3v) is 4.78. The van der Waals surface area contributed by atoms with E-state index in [2.05, 4.69) is 0 Å². The minimum atomic E-state index is -1.59. The molecular formula is C19H22O9. The first-order valence-electron chi connectivity index (χ1n) is 8.60. The highest BCUT2D eigenvalue weighted by Gasteiger charge is 2.45. The van der Waals surface area contributed by atoms with E-state index in [1.54, 1.807) is 6.92 Å². The van der Waals surface area contributed by atoms with Crippen LogP contribution in [0.25, 0.3) is 11.3 Å². The van der Waals surface area contributed by atoms with Gasteiger partial charge in [0, 0.05) is 11.6 Å². The van der Waals surface area contributed by atoms with E-state index in [4.69, 9.17) is 13.9 Å². The van der Waals surface area contributed by atoms with Gasteiger partial charge in [-0.05, 0) is 30.2 Å². The third kappa shape index (κ3) is 3.62. The first kappa shape index (κ1) is 20.3. The van der Waals surface area contributed by atoms with Crippen LogP contribution >= 0.6 is 0 Å². The number of aliphatic hydroxyl groups is 4. The molecule has 1 fully saturated rings. The van der Waals surface area contributed by atoms with Crippen LogP contribution in [0.5, 0.6) is 11.5 Å². The first-order valence-corrected chi connectivity index (χ1v) is 8.60. The van der Waals surface area contributed by atoms with Crippen LogP contribution < -0.4 is 10.4 Å². The second-order valence-corrected chi connectivity index (χ2v) is 6.66. The predicted octanol–water partition coefficient (Wildman–Crippen LogP) is -0.156. The topological polar surface area (TPSA) is 150 Å². The number of aromatic hydroxyl groups is 1. The molecule has 0 aliphatic carbocycles. The molecule has 5 atom stereocenters. The van der Waals surface area contributed by atoms with E-state index in [1.807, 2.05) is 0 Å². The van der Waals surface area contributed by atoms with Crippen molar-refractivity contribution < 1.29 is 39.4 Å². The average Bonchev–Trinajstić information content (AvgIpc) is 2.65. The van der Waals surface area contributed by atoms with Crippen molar-refractivity contribution in [2.75, 3.05) is 13.7 Å². The lowest BCUT2D eigenvalue weighted by atomic mass is 9.87. The summed E-state index contributed by atoms with van der Waals surface area (Å²) >= 11 is 0. The molecule has 152 valence electrons. The Bertz CT molecular complexity index is 905. The van der Waals surface area contributed by atoms with Crippen molar-refractivity contribution in [2.24, 2.45) is 0 Å². The molecule has 1 aliphatic heterocycles. The summed E-state index contributed by atoms with van der Waals surface area (Å²) in [5.41, 5.74) is 0.397. The maximum atomic E-state index is 11.9. The van der Waals surface area contributed by atoms with Crippen LogP contribution in [0.3, 0.4) is 0 Å². The molecule has 0 saturated carbocycles. The van der Waals surface area contributed by atoms with Crippen molar-refractivity contribution in [1.29, 1.82) is 0 Å². The molecule has 0 unspecified atom stereocenters. The molecule has 2 heterocycles. The van der Waals surface area contributed by atoms with Crippen molar-refractivity contribution in [3.63, 3.8) is 0 Å². The number of rotatable bonds is 4. The van der Waals surface area contributed by atoms with Crippen molar-refractivity contribution in [3.05, 3.63) is 45.8 Å². The second-order valence-electron chi connectivity index (χ2n) is 6.66. The summed E-state index contributed by atoms with van der Waals surface area (Å²) in [6.45, 7) is 1.06. The van der Waals surface area contributed by atoms with Crippen LogP contribution in [0.1, 0.15) is 17.2 Å². The first-order chi connectivity index (χ1) is 13.3. The molecule has 9 heteroatoms. The molecule has 1 aromatic carbocycles. The summed E-state index contributed by atoms with van der Waals surface area (Å²) < 4.78 is 16.0. The lowest BCUT2D eigenvalue weighted by Gasteiger charge is -2.40. The van der Waals surface area contributed by atoms with Gasteiger partial charge >= 0.3 is 5.63 Å². The molecule has 3 rings (SSSR count). The van der Waals surface area contributed by atoms with E-state index in [-0.39, 0.29) is 22.8 Å². The fourth-order valence-electron chi connectivity index (χ4n) is 3.41. The van der Waals surface area contributed by atoms with E-state index >= 15 is 0 Å². The Morgan fingerprint density at radius 1 is 1.07 bits per heavy atom. The summed E-state index contributed by atoms with van der Waals surface area (Å²) in [7, 11) is 1.39. The van der Waals surface area contributed by atoms with Crippen molar-refractivity contribution in [3.8, 4) is 22.8 Å². The van der Waals surface area contributed by atoms with E-state index in [9.17, 15) is 30.3 Å². The van der Waals surface area contributed by atoms with E-state index in [1.165, 1.54) is 25.3 Å². The number of hydrogen-bond donors (Lipinski definition) is 5. The maximum Gasteiger partial charge on any atom is 0.339 e. The molecule has 5 N–H and O–H groups in total. The quantitative estimate of drug-likeness (QED) is 0.477. The number of aryl methyl sites for hydroxylation is 1. The van der Waals surface area contributed by atoms with Crippen LogP contribution in [-0.2, 0) is 4.74 Å². The number of aliphatic hydroxyl groups excluding tert-OH is 4. The highest BCUT2D eigenvalue weighted by Crippen LogP contribution is 2.41. The van der Waals surface area contributed by atoms with E-state index < -0.39 is 42.8 Å². The van der Waals surface area contributed by atoms with Crippen LogP contribution in [0, 0.1) is 6.92 Å². The van der Waals surface area contributed by atoms with Gasteiger partial charge in [0.2, 0.25) is 0 Å². The minimum Gasteiger partial charge on any atom is -0.508 e. The molecular weight excluding hydrogens is 372 g/mol. The molecule has 9 nitrogen and oxygen atoms in total. The summed E-state index contributed by atoms with van der Waals surface area (Å²) in [5.74, 6) is 0.214. The summed E-state index contributed by atoms with van der Waals surface area (Å²) in [6.07, 6.45) is -7.02. The molecule has 28 heavy (non-hydrogen) atoms. The lowest BCUT2D eigenvalue weighted by molar-refractivity contribution is -0.231. The fraction of sp³-hybridized carbons (Fsp3) is 0.421. The minimum absolute atomic E-state index is 0.105. The smallest absolute Gasteiger partial charge is 0.339 e. The van der Waals surface area contributed by atoms with Gasteiger partial charge in [0.05, 0.1) is 19.8 Å². The molecule has 1 aliphatic rings. The zero-order valence-corrected chi connectivity index (χ0v) is 15.3. The fourth-order valence-corrected chi connectivity index (χ4v) is 3.41. The van der Waals surface area contributed by atoms with Crippen LogP contribution in [0.15, 0.2) is 33.5 Å². The highest BCUT2D eigenvalue weighted by atomic mass is 16.5. The monoisotopic (exact) mass is 394 g/mol. The van der Waals surface area contributed by atoms with Crippen LogP contribution in [-0.4, -0.2) is 63.7 Å². The van der Waals surface area contributed by atoms with Gasteiger partial charge in [0.1, 0.15) is 47.8 Å². The van der Waals surface area contributed by atoms with Crippen molar-refractivity contribution >= 4 is 0 Å². The van der Waals surface area contributed by atoms with E-state index in [0.29, 0.717) is 11.1 Å². The van der Waals surface area contributed by atoms with Gasteiger partial charge in [-0.3, -0.25) is 0 Å². The Kier molecular flexibility index (Phi) is 5.73. The van der Waals surface area contributed by atoms with Gasteiger partial charge in [0.25, 0.3) is 0 Å². The van der Waals surface area contributed by atoms with Gasteiger partial charge in [-0.25, -0.2) is 4.79 Å². The van der Waals surface area contributed by atoms with Crippen LogP contribution in [0.2, 0.25) is 0 Å². The van der Waals surface area contributed by atoms with Gasteiger partial charge < -0.3 is 39.4 Å². The van der Waals surface area contributed by atoms with Gasteiger partial charge in [-0.15, -0.1) is 0 Å². The maximum absolute atomic E-state index is 11.9. The summed E-state index contributed by atoms with van der Waals surface area (Å²) in [6, 6.07) is 5.36. The number of phenolic OH excluding ortho intramolecular Hbond substituents is 1. The molecule has 1 aromatic heterocycles. The largest absolute Gasteiger partial charge is 0.508 e. The van der Waals surface area contributed by atoms with Gasteiger partial charge in [-0.1, -0.05) is 0 Å². The summed E-state index contributed by atoms with van der Waals surface area (Å²) in [4.78, 5) is 11.9. The van der Waals surface area contributed by atoms with Crippen molar-refractivity contribution in [1.82, 2.24) is 0 Å². The standard InChI is InChI=1S/C19H22O9/c1-8-3-9(21)4-11(15(8)12-5-10(26-2)6-14(22)27-12)19-18(25)17(24)16(23)13(7-20)28-19/h3-6,13,16-21,23-25H,7H2,1-2H3/t13-,16-,17+,18-,19+/m1/s1. The van der Waals surface area contributed by atoms with Crippen LogP contribution in [0.4, 0.5) is 0 Å². The van der Waals surface area contributed by atoms with Crippen molar-refractivity contribution in [2.45, 2.75) is 37.4 Å². The average molecular weight is 394 g/mol.